The van der Waals surface area contributed by atoms with Crippen LogP contribution in [0.5, 0.6) is 0 Å². The van der Waals surface area contributed by atoms with Crippen LogP contribution in [-0.4, -0.2) is 77.4 Å². The molecule has 3 aliphatic rings. The van der Waals surface area contributed by atoms with Crippen molar-refractivity contribution in [3.8, 4) is 6.07 Å². The fraction of sp³-hybridized carbons (Fsp3) is 0.615. The lowest BCUT2D eigenvalue weighted by Gasteiger charge is -2.20. The average molecular weight is 675 g/mol. The Balaban J connectivity index is 1.35. The van der Waals surface area contributed by atoms with Gasteiger partial charge in [-0.1, -0.05) is 24.4 Å². The summed E-state index contributed by atoms with van der Waals surface area (Å²) >= 11 is 6.41. The van der Waals surface area contributed by atoms with E-state index in [0.717, 1.165) is 25.7 Å². The minimum absolute atomic E-state index is 0.0549. The molecule has 0 radical (unpaired) electrons. The standard InChI is InChI=1S/C26H32ClN4O11PS/c1-26(2,3)24(32)38-12-39-43(34,35)13-44(36,37)11-17-19-20(42-25(33)41-19)23(40-17)31-9-8-15-18(29-14-6-4-5-7-14)16(10-28)21(27)30-22(15)31/h8-9,14,17,19-20,23H,4-7,11-13H2,1-3H3,(H,29,30)(H,34,35)/t17?,19-,20-,23-/m1/s1. The van der Waals surface area contributed by atoms with E-state index in [2.05, 4.69) is 16.4 Å². The number of halogens is 1. The molecule has 18 heteroatoms. The van der Waals surface area contributed by atoms with Crippen LogP contribution in [0.1, 0.15) is 58.2 Å². The number of rotatable bonds is 10. The maximum atomic E-state index is 13.0. The van der Waals surface area contributed by atoms with Crippen LogP contribution in [0.25, 0.3) is 11.0 Å². The molecule has 2 aliphatic heterocycles. The van der Waals surface area contributed by atoms with Crippen LogP contribution >= 0.6 is 19.2 Å². The molecular weight excluding hydrogens is 643 g/mol. The SMILES string of the molecule is CC(C)(C)C(=O)OCOP(=O)(O)CS(=O)(=O)CC1O[C@@H](n2ccc3c(NC4CCCC4)c(C#N)c(Cl)nc32)[C@@H]2OC(=O)O[C@H]12. The zero-order chi connectivity index (χ0) is 32.0. The molecule has 2 aromatic heterocycles. The van der Waals surface area contributed by atoms with E-state index in [4.69, 9.17) is 35.1 Å². The molecule has 1 aliphatic carbocycles. The Bertz CT molecular complexity index is 1660. The number of carbonyl (C=O) groups excluding carboxylic acids is 2. The van der Waals surface area contributed by atoms with Crippen molar-refractivity contribution in [1.82, 2.24) is 9.55 Å². The summed E-state index contributed by atoms with van der Waals surface area (Å²) in [4.78, 5) is 38.5. The first-order valence-corrected chi connectivity index (χ1v) is 17.8. The molecular formula is C26H32ClN4O11PS. The molecule has 5 atom stereocenters. The number of nitrogens with zero attached hydrogens (tertiary/aromatic N) is 3. The van der Waals surface area contributed by atoms with E-state index in [1.54, 1.807) is 33.0 Å². The summed E-state index contributed by atoms with van der Waals surface area (Å²) in [5.74, 6) is -1.53. The smallest absolute Gasteiger partial charge is 0.438 e. The highest BCUT2D eigenvalue weighted by molar-refractivity contribution is 7.97. The lowest BCUT2D eigenvalue weighted by molar-refractivity contribution is -0.159. The number of pyridine rings is 1. The molecule has 2 N–H and O–H groups in total. The number of anilines is 1. The topological polar surface area (TPSA) is 205 Å². The molecule has 2 aromatic rings. The molecule has 240 valence electrons. The highest BCUT2D eigenvalue weighted by atomic mass is 35.5. The number of nitrogens with one attached hydrogen (secondary N) is 1. The first-order valence-electron chi connectivity index (χ1n) is 13.8. The van der Waals surface area contributed by atoms with E-state index in [1.807, 2.05) is 0 Å². The summed E-state index contributed by atoms with van der Waals surface area (Å²) < 4.78 is 66.1. The van der Waals surface area contributed by atoms with Crippen LogP contribution < -0.4 is 5.32 Å². The first kappa shape index (κ1) is 32.5. The van der Waals surface area contributed by atoms with Crippen LogP contribution in [-0.2, 0) is 42.7 Å². The molecule has 2 unspecified atom stereocenters. The van der Waals surface area contributed by atoms with E-state index in [9.17, 15) is 32.7 Å². The second kappa shape index (κ2) is 12.1. The molecule has 44 heavy (non-hydrogen) atoms. The predicted molar refractivity (Wildman–Crippen MR) is 154 cm³/mol. The number of aromatic nitrogens is 2. The Kier molecular flexibility index (Phi) is 8.93. The Morgan fingerprint density at radius 2 is 1.98 bits per heavy atom. The Morgan fingerprint density at radius 1 is 1.30 bits per heavy atom. The van der Waals surface area contributed by atoms with Crippen molar-refractivity contribution < 1.29 is 50.9 Å². The van der Waals surface area contributed by atoms with Gasteiger partial charge in [-0.3, -0.25) is 13.9 Å². The largest absolute Gasteiger partial charge is 0.509 e. The molecule has 0 bridgehead atoms. The highest BCUT2D eigenvalue weighted by Gasteiger charge is 2.56. The average Bonchev–Trinajstić information content (AvgIpc) is 3.69. The summed E-state index contributed by atoms with van der Waals surface area (Å²) in [5, 5.41) is 13.7. The van der Waals surface area contributed by atoms with Gasteiger partial charge in [0.25, 0.3) is 0 Å². The predicted octanol–water partition coefficient (Wildman–Crippen LogP) is 3.84. The van der Waals surface area contributed by atoms with Gasteiger partial charge in [-0.05, 0) is 39.7 Å². The zero-order valence-corrected chi connectivity index (χ0v) is 26.6. The maximum absolute atomic E-state index is 13.0. The van der Waals surface area contributed by atoms with E-state index in [-0.39, 0.29) is 16.8 Å². The fourth-order valence-corrected chi connectivity index (χ4v) is 9.33. The molecule has 15 nitrogen and oxygen atoms in total. The van der Waals surface area contributed by atoms with Crippen molar-refractivity contribution in [3.63, 3.8) is 0 Å². The minimum Gasteiger partial charge on any atom is -0.438 e. The molecule has 4 heterocycles. The van der Waals surface area contributed by atoms with Crippen molar-refractivity contribution in [1.29, 1.82) is 5.26 Å². The van der Waals surface area contributed by atoms with Crippen LogP contribution in [0, 0.1) is 16.7 Å². The number of fused-ring (bicyclic) bond motifs is 2. The number of hydrogen-bond donors (Lipinski definition) is 2. The molecule has 5 rings (SSSR count). The number of sulfone groups is 1. The maximum Gasteiger partial charge on any atom is 0.509 e. The van der Waals surface area contributed by atoms with Crippen LogP contribution in [0.2, 0.25) is 5.15 Å². The third-order valence-electron chi connectivity index (χ3n) is 7.49. The number of esters is 1. The van der Waals surface area contributed by atoms with Crippen LogP contribution in [0.3, 0.4) is 0 Å². The highest BCUT2D eigenvalue weighted by Crippen LogP contribution is 2.46. The monoisotopic (exact) mass is 674 g/mol. The van der Waals surface area contributed by atoms with Crippen LogP contribution in [0.15, 0.2) is 12.3 Å². The molecule has 1 saturated carbocycles. The first-order chi connectivity index (χ1) is 20.6. The Morgan fingerprint density at radius 3 is 2.64 bits per heavy atom. The van der Waals surface area contributed by atoms with Gasteiger partial charge >= 0.3 is 19.7 Å². The summed E-state index contributed by atoms with van der Waals surface area (Å²) in [6.07, 6.45) is -0.124. The molecule has 3 fully saturated rings. The molecule has 0 amide bonds. The lowest BCUT2D eigenvalue weighted by Crippen LogP contribution is -2.34. The number of ether oxygens (including phenoxy) is 4. The van der Waals surface area contributed by atoms with Gasteiger partial charge in [0.2, 0.25) is 6.79 Å². The van der Waals surface area contributed by atoms with Gasteiger partial charge in [0.15, 0.2) is 38.9 Å². The van der Waals surface area contributed by atoms with Crippen molar-refractivity contribution in [2.45, 2.75) is 77.0 Å². The van der Waals surface area contributed by atoms with E-state index < -0.39 is 77.6 Å². The number of hydrogen-bond acceptors (Lipinski definition) is 13. The summed E-state index contributed by atoms with van der Waals surface area (Å²) in [6.45, 7) is 3.78. The minimum atomic E-state index is -4.77. The van der Waals surface area contributed by atoms with Gasteiger partial charge in [0, 0.05) is 17.6 Å². The van der Waals surface area contributed by atoms with Crippen LogP contribution in [0.4, 0.5) is 10.5 Å². The van der Waals surface area contributed by atoms with Gasteiger partial charge in [0.05, 0.1) is 16.9 Å². The van der Waals surface area contributed by atoms with Gasteiger partial charge in [0.1, 0.15) is 23.4 Å². The number of nitriles is 1. The quantitative estimate of drug-likeness (QED) is 0.159. The molecule has 0 spiro atoms. The van der Waals surface area contributed by atoms with Gasteiger partial charge in [-0.15, -0.1) is 0 Å². The summed E-state index contributed by atoms with van der Waals surface area (Å²) in [7, 11) is -9.14. The third kappa shape index (κ3) is 6.83. The second-order valence-corrected chi connectivity index (χ2v) is 16.7. The number of carbonyl (C=O) groups is 2. The van der Waals surface area contributed by atoms with E-state index >= 15 is 0 Å². The van der Waals surface area contributed by atoms with Crippen molar-refractivity contribution in [3.05, 3.63) is 23.0 Å². The van der Waals surface area contributed by atoms with Crippen molar-refractivity contribution in [2.75, 3.05) is 23.4 Å². The normalized spacial score (nSPS) is 25.2. The van der Waals surface area contributed by atoms with Gasteiger partial charge < -0.3 is 33.7 Å². The summed E-state index contributed by atoms with van der Waals surface area (Å²) in [6, 6.07) is 3.94. The third-order valence-corrected chi connectivity index (χ3v) is 12.0. The fourth-order valence-electron chi connectivity index (χ4n) is 5.42. The van der Waals surface area contributed by atoms with E-state index in [1.165, 1.54) is 4.57 Å². The van der Waals surface area contributed by atoms with Crippen molar-refractivity contribution >= 4 is 57.9 Å². The molecule has 2 saturated heterocycles. The Labute approximate surface area is 258 Å². The van der Waals surface area contributed by atoms with Gasteiger partial charge in [-0.2, -0.15) is 5.26 Å². The van der Waals surface area contributed by atoms with E-state index in [0.29, 0.717) is 16.7 Å². The summed E-state index contributed by atoms with van der Waals surface area (Å²) in [5.41, 5.74) is -1.23. The van der Waals surface area contributed by atoms with Gasteiger partial charge in [-0.25, -0.2) is 18.2 Å². The lowest BCUT2D eigenvalue weighted by atomic mass is 9.98. The van der Waals surface area contributed by atoms with Crippen molar-refractivity contribution in [2.24, 2.45) is 5.41 Å². The second-order valence-electron chi connectivity index (χ2n) is 11.9. The molecule has 0 aromatic carbocycles. The zero-order valence-electron chi connectivity index (χ0n) is 24.1. The Hall–Kier alpha value is -2.93.